The van der Waals surface area contributed by atoms with Gasteiger partial charge >= 0.3 is 0 Å². The second kappa shape index (κ2) is 6.43. The molecule has 114 valence electrons. The average molecular weight is 291 g/mol. The third-order valence-electron chi connectivity index (χ3n) is 3.75. The van der Waals surface area contributed by atoms with Gasteiger partial charge in [0, 0.05) is 25.0 Å². The lowest BCUT2D eigenvalue weighted by atomic mass is 10.2. The average Bonchev–Trinajstić information content (AvgIpc) is 2.97. The Morgan fingerprint density at radius 3 is 3.14 bits per heavy atom. The summed E-state index contributed by atoms with van der Waals surface area (Å²) in [6.07, 6.45) is 4.45. The second-order valence-electron chi connectivity index (χ2n) is 5.16. The van der Waals surface area contributed by atoms with Gasteiger partial charge in [-0.2, -0.15) is 0 Å². The number of nitrogens with two attached hydrogens (primary N) is 1. The van der Waals surface area contributed by atoms with Crippen molar-refractivity contribution >= 4 is 11.0 Å². The summed E-state index contributed by atoms with van der Waals surface area (Å²) in [6.45, 7) is 1.14. The van der Waals surface area contributed by atoms with Gasteiger partial charge in [-0.25, -0.2) is 4.98 Å². The van der Waals surface area contributed by atoms with E-state index in [1.807, 2.05) is 12.1 Å². The normalized spacial score (nSPS) is 20.6. The number of ether oxygens (including phenoxy) is 3. The third-order valence-corrected chi connectivity index (χ3v) is 3.75. The van der Waals surface area contributed by atoms with Crippen molar-refractivity contribution in [1.82, 2.24) is 9.97 Å². The van der Waals surface area contributed by atoms with Crippen molar-refractivity contribution in [2.24, 2.45) is 5.73 Å². The zero-order valence-electron chi connectivity index (χ0n) is 12.2. The molecule has 0 bridgehead atoms. The summed E-state index contributed by atoms with van der Waals surface area (Å²) in [6, 6.07) is 3.82. The van der Waals surface area contributed by atoms with Crippen LogP contribution < -0.4 is 10.5 Å². The Hall–Kier alpha value is -1.63. The van der Waals surface area contributed by atoms with Gasteiger partial charge in [-0.3, -0.25) is 0 Å². The van der Waals surface area contributed by atoms with Gasteiger partial charge in [0.25, 0.3) is 0 Å². The number of fused-ring (bicyclic) bond motifs is 1. The lowest BCUT2D eigenvalue weighted by Gasteiger charge is -2.26. The van der Waals surface area contributed by atoms with Gasteiger partial charge in [0.15, 0.2) is 6.29 Å². The van der Waals surface area contributed by atoms with Crippen LogP contribution in [0.5, 0.6) is 5.75 Å². The van der Waals surface area contributed by atoms with Gasteiger partial charge in [-0.1, -0.05) is 0 Å². The fourth-order valence-electron chi connectivity index (χ4n) is 2.63. The lowest BCUT2D eigenvalue weighted by Crippen LogP contribution is -2.27. The molecule has 0 spiro atoms. The topological polar surface area (TPSA) is 82.4 Å². The molecule has 2 atom stereocenters. The van der Waals surface area contributed by atoms with Crippen molar-refractivity contribution in [2.45, 2.75) is 31.7 Å². The van der Waals surface area contributed by atoms with Crippen molar-refractivity contribution in [3.05, 3.63) is 24.0 Å². The first-order valence-corrected chi connectivity index (χ1v) is 7.30. The predicted octanol–water partition coefficient (Wildman–Crippen LogP) is 2.11. The molecule has 1 fully saturated rings. The van der Waals surface area contributed by atoms with Crippen LogP contribution in [-0.4, -0.2) is 36.5 Å². The van der Waals surface area contributed by atoms with Gasteiger partial charge in [0.1, 0.15) is 17.5 Å². The van der Waals surface area contributed by atoms with Crippen LogP contribution in [0, 0.1) is 0 Å². The number of nitrogens with zero attached hydrogens (tertiary/aromatic N) is 1. The zero-order valence-corrected chi connectivity index (χ0v) is 12.2. The van der Waals surface area contributed by atoms with Crippen molar-refractivity contribution in [3.8, 4) is 5.75 Å². The summed E-state index contributed by atoms with van der Waals surface area (Å²) in [5.74, 6) is 0.784. The van der Waals surface area contributed by atoms with Gasteiger partial charge < -0.3 is 24.9 Å². The van der Waals surface area contributed by atoms with Crippen LogP contribution in [-0.2, 0) is 9.47 Å². The van der Waals surface area contributed by atoms with E-state index < -0.39 is 0 Å². The molecule has 0 radical (unpaired) electrons. The maximum absolute atomic E-state index is 5.98. The highest BCUT2D eigenvalue weighted by atomic mass is 16.7. The van der Waals surface area contributed by atoms with Crippen LogP contribution in [0.3, 0.4) is 0 Å². The number of aromatic amines is 1. The largest absolute Gasteiger partial charge is 0.496 e. The molecule has 2 aromatic heterocycles. The molecule has 3 N–H and O–H groups in total. The number of hydrogen-bond acceptors (Lipinski definition) is 5. The molecule has 3 heterocycles. The predicted molar refractivity (Wildman–Crippen MR) is 79.1 cm³/mol. The van der Waals surface area contributed by atoms with E-state index in [0.717, 1.165) is 48.3 Å². The number of H-pyrrole nitrogens is 1. The molecule has 0 unspecified atom stereocenters. The van der Waals surface area contributed by atoms with Crippen LogP contribution in [0.2, 0.25) is 0 Å². The molecular weight excluding hydrogens is 270 g/mol. The quantitative estimate of drug-likeness (QED) is 0.881. The Bertz CT molecular complexity index is 593. The smallest absolute Gasteiger partial charge is 0.158 e. The molecule has 0 aliphatic carbocycles. The molecular formula is C15H21N3O3. The number of pyridine rings is 1. The molecule has 3 rings (SSSR count). The minimum Gasteiger partial charge on any atom is -0.496 e. The van der Waals surface area contributed by atoms with Crippen LogP contribution in [0.25, 0.3) is 11.0 Å². The van der Waals surface area contributed by atoms with Crippen molar-refractivity contribution in [3.63, 3.8) is 0 Å². The number of methoxy groups -OCH3 is 1. The SMILES string of the molecule is COc1ccnc2[nH]c([C@H](CN)O[C@@H]3CCCCO3)cc12. The first-order chi connectivity index (χ1) is 10.3. The van der Waals surface area contributed by atoms with Gasteiger partial charge in [0.2, 0.25) is 0 Å². The monoisotopic (exact) mass is 291 g/mol. The Morgan fingerprint density at radius 1 is 1.52 bits per heavy atom. The minimum atomic E-state index is -0.230. The second-order valence-corrected chi connectivity index (χ2v) is 5.16. The van der Waals surface area contributed by atoms with Crippen molar-refractivity contribution in [2.75, 3.05) is 20.3 Å². The Balaban J connectivity index is 1.82. The Morgan fingerprint density at radius 2 is 2.43 bits per heavy atom. The third kappa shape index (κ3) is 3.02. The molecule has 0 aromatic carbocycles. The first-order valence-electron chi connectivity index (χ1n) is 7.30. The fraction of sp³-hybridized carbons (Fsp3) is 0.533. The van der Waals surface area contributed by atoms with E-state index in [1.165, 1.54) is 0 Å². The zero-order chi connectivity index (χ0) is 14.7. The van der Waals surface area contributed by atoms with Gasteiger partial charge in [-0.15, -0.1) is 0 Å². The molecule has 0 saturated carbocycles. The van der Waals surface area contributed by atoms with Crippen LogP contribution >= 0.6 is 0 Å². The van der Waals surface area contributed by atoms with Crippen LogP contribution in [0.4, 0.5) is 0 Å². The summed E-state index contributed by atoms with van der Waals surface area (Å²) in [4.78, 5) is 7.57. The summed E-state index contributed by atoms with van der Waals surface area (Å²) < 4.78 is 16.9. The van der Waals surface area contributed by atoms with E-state index in [4.69, 9.17) is 19.9 Å². The number of rotatable bonds is 5. The number of nitrogens with one attached hydrogen (secondary N) is 1. The highest BCUT2D eigenvalue weighted by Gasteiger charge is 2.22. The highest BCUT2D eigenvalue weighted by molar-refractivity contribution is 5.83. The van der Waals surface area contributed by atoms with Gasteiger partial charge in [-0.05, 0) is 31.4 Å². The van der Waals surface area contributed by atoms with E-state index in [9.17, 15) is 0 Å². The number of aromatic nitrogens is 2. The van der Waals surface area contributed by atoms with Crippen LogP contribution in [0.1, 0.15) is 31.1 Å². The van der Waals surface area contributed by atoms with E-state index in [1.54, 1.807) is 13.3 Å². The Labute approximate surface area is 123 Å². The summed E-state index contributed by atoms with van der Waals surface area (Å²) in [5.41, 5.74) is 7.54. The fourth-order valence-corrected chi connectivity index (χ4v) is 2.63. The van der Waals surface area contributed by atoms with Gasteiger partial charge in [0.05, 0.1) is 12.5 Å². The molecule has 1 aliphatic rings. The molecule has 1 saturated heterocycles. The highest BCUT2D eigenvalue weighted by Crippen LogP contribution is 2.29. The Kier molecular flexibility index (Phi) is 4.38. The summed E-state index contributed by atoms with van der Waals surface area (Å²) in [5, 5.41) is 0.932. The molecule has 6 heteroatoms. The van der Waals surface area contributed by atoms with E-state index >= 15 is 0 Å². The first kappa shape index (κ1) is 14.3. The molecule has 21 heavy (non-hydrogen) atoms. The van der Waals surface area contributed by atoms with E-state index in [-0.39, 0.29) is 12.4 Å². The van der Waals surface area contributed by atoms with Crippen molar-refractivity contribution < 1.29 is 14.2 Å². The summed E-state index contributed by atoms with van der Waals surface area (Å²) in [7, 11) is 1.65. The minimum absolute atomic E-state index is 0.173. The molecule has 2 aromatic rings. The number of hydrogen-bond donors (Lipinski definition) is 2. The maximum Gasteiger partial charge on any atom is 0.158 e. The standard InChI is InChI=1S/C15H21N3O3/c1-19-12-5-6-17-15-10(12)8-11(18-15)13(9-16)21-14-4-2-3-7-20-14/h5-6,8,13-14H,2-4,7,9,16H2,1H3,(H,17,18)/t13-,14+/m0/s1. The maximum atomic E-state index is 5.98. The van der Waals surface area contributed by atoms with Crippen LogP contribution in [0.15, 0.2) is 18.3 Å². The molecule has 6 nitrogen and oxygen atoms in total. The molecule has 0 amide bonds. The lowest BCUT2D eigenvalue weighted by molar-refractivity contribution is -0.188. The van der Waals surface area contributed by atoms with E-state index in [0.29, 0.717) is 6.54 Å². The summed E-state index contributed by atoms with van der Waals surface area (Å²) >= 11 is 0. The van der Waals surface area contributed by atoms with E-state index in [2.05, 4.69) is 9.97 Å². The van der Waals surface area contributed by atoms with Crippen molar-refractivity contribution in [1.29, 1.82) is 0 Å². The molecule has 1 aliphatic heterocycles.